The van der Waals surface area contributed by atoms with Gasteiger partial charge in [-0.25, -0.2) is 10.6 Å². The summed E-state index contributed by atoms with van der Waals surface area (Å²) in [5.41, 5.74) is 8.15. The molecule has 1 aromatic rings. The summed E-state index contributed by atoms with van der Waals surface area (Å²) in [5.74, 6) is 7.30. The number of ether oxygens (including phenoxy) is 2. The van der Waals surface area contributed by atoms with Crippen molar-refractivity contribution in [1.82, 2.24) is 5.43 Å². The number of benzene rings is 1. The summed E-state index contributed by atoms with van der Waals surface area (Å²) >= 11 is 0. The second-order valence-corrected chi connectivity index (χ2v) is 3.38. The highest BCUT2D eigenvalue weighted by Gasteiger charge is 2.14. The summed E-state index contributed by atoms with van der Waals surface area (Å²) in [7, 11) is 0. The van der Waals surface area contributed by atoms with Crippen LogP contribution in [0.2, 0.25) is 0 Å². The van der Waals surface area contributed by atoms with Crippen molar-refractivity contribution in [2.45, 2.75) is 6.92 Å². The van der Waals surface area contributed by atoms with E-state index >= 15 is 0 Å². The first kappa shape index (κ1) is 14.4. The molecule has 6 nitrogen and oxygen atoms in total. The number of hydrogen-bond acceptors (Lipinski definition) is 6. The number of carbonyl (C=O) groups is 1. The highest BCUT2D eigenvalue weighted by molar-refractivity contribution is 5.87. The third kappa shape index (κ3) is 3.94. The van der Waals surface area contributed by atoms with Crippen LogP contribution in [0.1, 0.15) is 12.5 Å². The number of hydrogen-bond donors (Lipinski definition) is 3. The van der Waals surface area contributed by atoms with Gasteiger partial charge in [-0.1, -0.05) is 12.0 Å². The molecule has 0 saturated heterocycles. The average molecular weight is 261 g/mol. The molecule has 0 aliphatic carbocycles. The van der Waals surface area contributed by atoms with Gasteiger partial charge in [0.05, 0.1) is 6.61 Å². The molecule has 0 atom stereocenters. The molecule has 0 fully saturated rings. The molecule has 19 heavy (non-hydrogen) atoms. The number of hydrazine groups is 1. The Balaban J connectivity index is 2.95. The quantitative estimate of drug-likeness (QED) is 0.175. The molecular weight excluding hydrogens is 246 g/mol. The van der Waals surface area contributed by atoms with Crippen molar-refractivity contribution in [3.05, 3.63) is 41.4 Å². The van der Waals surface area contributed by atoms with Crippen LogP contribution in [-0.4, -0.2) is 12.6 Å². The lowest BCUT2D eigenvalue weighted by molar-refractivity contribution is -0.138. The van der Waals surface area contributed by atoms with Gasteiger partial charge in [-0.15, -0.1) is 6.42 Å². The molecule has 0 aromatic heterocycles. The first-order chi connectivity index (χ1) is 9.12. The highest BCUT2D eigenvalue weighted by atomic mass is 16.5. The van der Waals surface area contributed by atoms with E-state index in [0.717, 1.165) is 0 Å². The fourth-order valence-electron chi connectivity index (χ4n) is 1.23. The molecule has 0 amide bonds. The van der Waals surface area contributed by atoms with Crippen molar-refractivity contribution in [2.75, 3.05) is 6.61 Å². The van der Waals surface area contributed by atoms with E-state index in [1.807, 2.05) is 0 Å². The van der Waals surface area contributed by atoms with Crippen LogP contribution in [0.3, 0.4) is 0 Å². The predicted molar refractivity (Wildman–Crippen MR) is 70.2 cm³/mol. The molecule has 0 aliphatic rings. The van der Waals surface area contributed by atoms with Crippen LogP contribution >= 0.6 is 0 Å². The Hall–Kier alpha value is -2.65. The summed E-state index contributed by atoms with van der Waals surface area (Å²) in [6, 6.07) is 6.70. The van der Waals surface area contributed by atoms with Crippen LogP contribution in [0, 0.1) is 12.3 Å². The Labute approximate surface area is 111 Å². The normalized spacial score (nSPS) is 11.0. The Morgan fingerprint density at radius 2 is 2.26 bits per heavy atom. The van der Waals surface area contributed by atoms with Crippen molar-refractivity contribution in [1.29, 1.82) is 0 Å². The number of terminal acetylenes is 1. The van der Waals surface area contributed by atoms with Crippen LogP contribution in [0.15, 0.2) is 35.8 Å². The zero-order valence-electron chi connectivity index (χ0n) is 10.5. The van der Waals surface area contributed by atoms with Crippen molar-refractivity contribution >= 4 is 5.97 Å². The van der Waals surface area contributed by atoms with Gasteiger partial charge in [0, 0.05) is 5.56 Å². The molecular formula is C13H15N3O3. The summed E-state index contributed by atoms with van der Waals surface area (Å²) in [6.45, 7) is 1.86. The zero-order valence-corrected chi connectivity index (χ0v) is 10.5. The van der Waals surface area contributed by atoms with Crippen LogP contribution in [-0.2, 0) is 9.53 Å². The summed E-state index contributed by atoms with van der Waals surface area (Å²) in [6.07, 6.45) is 5.27. The van der Waals surface area contributed by atoms with E-state index in [1.165, 1.54) is 0 Å². The number of nitrogens with two attached hydrogens (primary N) is 2. The number of nitrogens with one attached hydrogen (secondary N) is 1. The summed E-state index contributed by atoms with van der Waals surface area (Å²) in [5, 5.41) is 0. The monoisotopic (exact) mass is 261 g/mol. The maximum absolute atomic E-state index is 11.4. The lowest BCUT2D eigenvalue weighted by Gasteiger charge is -2.12. The van der Waals surface area contributed by atoms with Crippen LogP contribution in [0.25, 0.3) is 0 Å². The van der Waals surface area contributed by atoms with E-state index in [2.05, 4.69) is 11.3 Å². The van der Waals surface area contributed by atoms with Crippen molar-refractivity contribution in [2.24, 2.45) is 11.6 Å². The van der Waals surface area contributed by atoms with Crippen molar-refractivity contribution in [3.8, 4) is 18.1 Å². The maximum Gasteiger partial charge on any atom is 0.359 e. The molecule has 1 rings (SSSR count). The summed E-state index contributed by atoms with van der Waals surface area (Å²) < 4.78 is 10.1. The van der Waals surface area contributed by atoms with E-state index in [0.29, 0.717) is 11.3 Å². The lowest BCUT2D eigenvalue weighted by atomic mass is 10.2. The minimum absolute atomic E-state index is 0.104. The van der Waals surface area contributed by atoms with Crippen molar-refractivity contribution < 1.29 is 14.3 Å². The molecule has 6 heteroatoms. The molecule has 0 spiro atoms. The lowest BCUT2D eigenvalue weighted by Crippen LogP contribution is -2.31. The van der Waals surface area contributed by atoms with E-state index in [9.17, 15) is 4.79 Å². The van der Waals surface area contributed by atoms with Crippen LogP contribution < -0.4 is 21.7 Å². The first-order valence-electron chi connectivity index (χ1n) is 5.50. The topological polar surface area (TPSA) is 99.6 Å². The van der Waals surface area contributed by atoms with Gasteiger partial charge in [0.2, 0.25) is 5.88 Å². The molecule has 5 N–H and O–H groups in total. The number of rotatable bonds is 5. The maximum atomic E-state index is 11.4. The predicted octanol–water partition coefficient (Wildman–Crippen LogP) is 0.201. The van der Waals surface area contributed by atoms with Gasteiger partial charge in [0.1, 0.15) is 5.75 Å². The largest absolute Gasteiger partial charge is 0.461 e. The third-order valence-electron chi connectivity index (χ3n) is 2.09. The minimum atomic E-state index is -0.719. The molecule has 100 valence electrons. The standard InChI is InChI=1S/C13H15N3O3/c1-3-9-6-5-7-10(8-9)19-12(16-15)11(14)13(17)18-4-2/h1,5-8,16H,4,14-15H2,2H3/b12-11+. The van der Waals surface area contributed by atoms with E-state index in [4.69, 9.17) is 27.5 Å². The van der Waals surface area contributed by atoms with Gasteiger partial charge in [-0.05, 0) is 25.1 Å². The van der Waals surface area contributed by atoms with Gasteiger partial charge in [0.15, 0.2) is 5.70 Å². The molecule has 0 bridgehead atoms. The van der Waals surface area contributed by atoms with Gasteiger partial charge in [-0.2, -0.15) is 0 Å². The van der Waals surface area contributed by atoms with Gasteiger partial charge in [0.25, 0.3) is 0 Å². The second-order valence-electron chi connectivity index (χ2n) is 3.38. The molecule has 0 radical (unpaired) electrons. The molecule has 0 unspecified atom stereocenters. The smallest absolute Gasteiger partial charge is 0.359 e. The number of esters is 1. The van der Waals surface area contributed by atoms with E-state index in [-0.39, 0.29) is 18.2 Å². The molecule has 0 heterocycles. The van der Waals surface area contributed by atoms with E-state index in [1.54, 1.807) is 31.2 Å². The molecule has 0 saturated carbocycles. The first-order valence-corrected chi connectivity index (χ1v) is 5.50. The SMILES string of the molecule is C#Cc1cccc(O/C(NN)=C(/N)C(=O)OCC)c1. The Kier molecular flexibility index (Phi) is 5.26. The van der Waals surface area contributed by atoms with Gasteiger partial charge in [-0.3, -0.25) is 5.43 Å². The van der Waals surface area contributed by atoms with Gasteiger partial charge >= 0.3 is 5.97 Å². The second kappa shape index (κ2) is 6.93. The third-order valence-corrected chi connectivity index (χ3v) is 2.09. The van der Waals surface area contributed by atoms with Crippen LogP contribution in [0.5, 0.6) is 5.75 Å². The fourth-order valence-corrected chi connectivity index (χ4v) is 1.23. The Morgan fingerprint density at radius 3 is 2.84 bits per heavy atom. The fraction of sp³-hybridized carbons (Fsp3) is 0.154. The van der Waals surface area contributed by atoms with Crippen molar-refractivity contribution in [3.63, 3.8) is 0 Å². The Morgan fingerprint density at radius 1 is 1.53 bits per heavy atom. The average Bonchev–Trinajstić information content (AvgIpc) is 2.44. The minimum Gasteiger partial charge on any atom is -0.461 e. The molecule has 1 aromatic carbocycles. The Bertz CT molecular complexity index is 532. The van der Waals surface area contributed by atoms with Gasteiger partial charge < -0.3 is 15.2 Å². The van der Waals surface area contributed by atoms with E-state index < -0.39 is 5.97 Å². The molecule has 0 aliphatic heterocycles. The van der Waals surface area contributed by atoms with Crippen LogP contribution in [0.4, 0.5) is 0 Å². The number of carbonyl (C=O) groups excluding carboxylic acids is 1. The zero-order chi connectivity index (χ0) is 14.3. The summed E-state index contributed by atoms with van der Waals surface area (Å²) in [4.78, 5) is 11.4. The highest BCUT2D eigenvalue weighted by Crippen LogP contribution is 2.15.